The molecule has 0 radical (unpaired) electrons. The summed E-state index contributed by atoms with van der Waals surface area (Å²) in [5.74, 6) is -0.860. The normalized spacial score (nSPS) is 11.0. The summed E-state index contributed by atoms with van der Waals surface area (Å²) >= 11 is 0. The molecular formula is C8H6FNO4S. The Balaban J connectivity index is 3.58. The van der Waals surface area contributed by atoms with Crippen molar-refractivity contribution in [2.75, 3.05) is 0 Å². The van der Waals surface area contributed by atoms with Crippen LogP contribution < -0.4 is 0 Å². The van der Waals surface area contributed by atoms with Crippen LogP contribution in [-0.2, 0) is 9.84 Å². The zero-order valence-electron chi connectivity index (χ0n) is 7.38. The fraction of sp³-hybridized carbons (Fsp3) is 0. The Morgan fingerprint density at radius 3 is 2.53 bits per heavy atom. The highest BCUT2D eigenvalue weighted by Gasteiger charge is 2.23. The number of benzene rings is 1. The molecule has 0 amide bonds. The van der Waals surface area contributed by atoms with Gasteiger partial charge in [-0.2, -0.15) is 0 Å². The molecule has 15 heavy (non-hydrogen) atoms. The lowest BCUT2D eigenvalue weighted by molar-refractivity contribution is -0.387. The van der Waals surface area contributed by atoms with Crippen LogP contribution in [0.25, 0.3) is 0 Å². The average molecular weight is 231 g/mol. The van der Waals surface area contributed by atoms with Crippen LogP contribution >= 0.6 is 0 Å². The van der Waals surface area contributed by atoms with Crippen LogP contribution in [0.5, 0.6) is 0 Å². The Bertz CT molecular complexity index is 523. The fourth-order valence-electron chi connectivity index (χ4n) is 0.956. The summed E-state index contributed by atoms with van der Waals surface area (Å²) in [6.45, 7) is 3.01. The smallest absolute Gasteiger partial charge is 0.258 e. The van der Waals surface area contributed by atoms with Crippen molar-refractivity contribution in [3.63, 3.8) is 0 Å². The van der Waals surface area contributed by atoms with Crippen molar-refractivity contribution < 1.29 is 17.7 Å². The zero-order valence-corrected chi connectivity index (χ0v) is 8.20. The number of nitro groups is 1. The second-order valence-corrected chi connectivity index (χ2v) is 4.44. The Morgan fingerprint density at radius 1 is 1.47 bits per heavy atom. The van der Waals surface area contributed by atoms with Gasteiger partial charge < -0.3 is 0 Å². The van der Waals surface area contributed by atoms with Gasteiger partial charge in [0.25, 0.3) is 5.69 Å². The van der Waals surface area contributed by atoms with E-state index in [1.54, 1.807) is 0 Å². The standard InChI is InChI=1S/C8H6FNO4S/c1-2-15(13,14)8-5-6(9)3-4-7(8)10(11)12/h2-5H,1H2. The van der Waals surface area contributed by atoms with E-state index < -0.39 is 31.2 Å². The molecular weight excluding hydrogens is 225 g/mol. The van der Waals surface area contributed by atoms with E-state index in [1.807, 2.05) is 0 Å². The Hall–Kier alpha value is -1.76. The maximum absolute atomic E-state index is 12.8. The maximum atomic E-state index is 12.8. The predicted molar refractivity (Wildman–Crippen MR) is 50.4 cm³/mol. The molecule has 7 heteroatoms. The van der Waals surface area contributed by atoms with Crippen molar-refractivity contribution in [2.24, 2.45) is 0 Å². The summed E-state index contributed by atoms with van der Waals surface area (Å²) in [5, 5.41) is 11.0. The first kappa shape index (κ1) is 11.3. The summed E-state index contributed by atoms with van der Waals surface area (Å²) in [7, 11) is -4.01. The summed E-state index contributed by atoms with van der Waals surface area (Å²) in [5.41, 5.74) is -0.670. The lowest BCUT2D eigenvalue weighted by atomic mass is 10.3. The van der Waals surface area contributed by atoms with E-state index in [0.29, 0.717) is 11.5 Å². The van der Waals surface area contributed by atoms with E-state index in [-0.39, 0.29) is 0 Å². The highest BCUT2D eigenvalue weighted by Crippen LogP contribution is 2.25. The number of rotatable bonds is 3. The van der Waals surface area contributed by atoms with Gasteiger partial charge in [-0.05, 0) is 12.1 Å². The van der Waals surface area contributed by atoms with Gasteiger partial charge in [-0.1, -0.05) is 6.58 Å². The van der Waals surface area contributed by atoms with Gasteiger partial charge in [-0.25, -0.2) is 12.8 Å². The number of sulfone groups is 1. The molecule has 80 valence electrons. The first-order valence-electron chi connectivity index (χ1n) is 3.70. The first-order valence-corrected chi connectivity index (χ1v) is 5.24. The quantitative estimate of drug-likeness (QED) is 0.585. The van der Waals surface area contributed by atoms with Gasteiger partial charge in [0.15, 0.2) is 4.90 Å². The van der Waals surface area contributed by atoms with E-state index in [2.05, 4.69) is 6.58 Å². The van der Waals surface area contributed by atoms with E-state index in [9.17, 15) is 22.9 Å². The van der Waals surface area contributed by atoms with Crippen molar-refractivity contribution in [1.29, 1.82) is 0 Å². The van der Waals surface area contributed by atoms with Gasteiger partial charge in [0.05, 0.1) is 4.92 Å². The largest absolute Gasteiger partial charge is 0.288 e. The minimum Gasteiger partial charge on any atom is -0.258 e. The molecule has 0 saturated carbocycles. The Kier molecular flexibility index (Phi) is 2.85. The Labute approximate surface area is 84.9 Å². The third-order valence-electron chi connectivity index (χ3n) is 1.64. The van der Waals surface area contributed by atoms with Crippen molar-refractivity contribution >= 4 is 15.5 Å². The average Bonchev–Trinajstić information content (AvgIpc) is 2.17. The summed E-state index contributed by atoms with van der Waals surface area (Å²) in [6.07, 6.45) is 0. The van der Waals surface area contributed by atoms with Crippen LogP contribution in [0.15, 0.2) is 35.1 Å². The third-order valence-corrected chi connectivity index (χ3v) is 3.02. The lowest BCUT2D eigenvalue weighted by Crippen LogP contribution is -2.02. The van der Waals surface area contributed by atoms with E-state index in [0.717, 1.165) is 12.1 Å². The van der Waals surface area contributed by atoms with Crippen LogP contribution in [0.4, 0.5) is 10.1 Å². The van der Waals surface area contributed by atoms with Crippen molar-refractivity contribution in [3.05, 3.63) is 46.1 Å². The number of nitrogens with zero attached hydrogens (tertiary/aromatic N) is 1. The second-order valence-electron chi connectivity index (χ2n) is 2.58. The number of nitro benzene ring substituents is 1. The van der Waals surface area contributed by atoms with Crippen molar-refractivity contribution in [3.8, 4) is 0 Å². The molecule has 0 aliphatic heterocycles. The lowest BCUT2D eigenvalue weighted by Gasteiger charge is -2.00. The fourth-order valence-corrected chi connectivity index (χ4v) is 1.85. The van der Waals surface area contributed by atoms with Gasteiger partial charge in [0.2, 0.25) is 9.84 Å². The van der Waals surface area contributed by atoms with Gasteiger partial charge in [-0.15, -0.1) is 0 Å². The van der Waals surface area contributed by atoms with Crippen LogP contribution in [0.1, 0.15) is 0 Å². The van der Waals surface area contributed by atoms with E-state index in [1.165, 1.54) is 0 Å². The Morgan fingerprint density at radius 2 is 2.07 bits per heavy atom. The molecule has 0 N–H and O–H groups in total. The molecule has 0 fully saturated rings. The SMILES string of the molecule is C=CS(=O)(=O)c1cc(F)ccc1[N+](=O)[O-]. The minimum atomic E-state index is -4.01. The summed E-state index contributed by atoms with van der Waals surface area (Å²) in [4.78, 5) is 8.89. The van der Waals surface area contributed by atoms with Gasteiger partial charge >= 0.3 is 0 Å². The zero-order chi connectivity index (χ0) is 11.6. The van der Waals surface area contributed by atoms with Crippen molar-refractivity contribution in [2.45, 2.75) is 4.90 Å². The van der Waals surface area contributed by atoms with Crippen LogP contribution in [-0.4, -0.2) is 13.3 Å². The number of hydrogen-bond acceptors (Lipinski definition) is 4. The van der Waals surface area contributed by atoms with E-state index >= 15 is 0 Å². The maximum Gasteiger partial charge on any atom is 0.288 e. The molecule has 0 aromatic heterocycles. The molecule has 0 bridgehead atoms. The molecule has 0 spiro atoms. The number of hydrogen-bond donors (Lipinski definition) is 0. The number of halogens is 1. The molecule has 0 aliphatic carbocycles. The van der Waals surface area contributed by atoms with Gasteiger partial charge in [0, 0.05) is 11.5 Å². The van der Waals surface area contributed by atoms with Crippen LogP contribution in [0, 0.1) is 15.9 Å². The molecule has 0 heterocycles. The second kappa shape index (κ2) is 3.77. The monoisotopic (exact) mass is 231 g/mol. The minimum absolute atomic E-state index is 0.536. The topological polar surface area (TPSA) is 77.3 Å². The molecule has 5 nitrogen and oxygen atoms in total. The summed E-state index contributed by atoms with van der Waals surface area (Å²) < 4.78 is 35.3. The molecule has 0 aliphatic rings. The first-order chi connectivity index (χ1) is 6.88. The predicted octanol–water partition coefficient (Wildman–Crippen LogP) is 1.65. The van der Waals surface area contributed by atoms with Crippen LogP contribution in [0.2, 0.25) is 0 Å². The van der Waals surface area contributed by atoms with Gasteiger partial charge in [0.1, 0.15) is 5.82 Å². The highest BCUT2D eigenvalue weighted by molar-refractivity contribution is 7.94. The molecule has 0 atom stereocenters. The molecule has 0 unspecified atom stereocenters. The molecule has 1 aromatic carbocycles. The van der Waals surface area contributed by atoms with Crippen LogP contribution in [0.3, 0.4) is 0 Å². The molecule has 0 saturated heterocycles. The third kappa shape index (κ3) is 2.18. The van der Waals surface area contributed by atoms with E-state index in [4.69, 9.17) is 0 Å². The summed E-state index contributed by atoms with van der Waals surface area (Å²) in [6, 6.07) is 2.21. The van der Waals surface area contributed by atoms with Crippen molar-refractivity contribution in [1.82, 2.24) is 0 Å². The van der Waals surface area contributed by atoms with Gasteiger partial charge in [-0.3, -0.25) is 10.1 Å². The molecule has 1 aromatic rings. The highest BCUT2D eigenvalue weighted by atomic mass is 32.2. The molecule has 1 rings (SSSR count).